The van der Waals surface area contributed by atoms with Gasteiger partial charge in [-0.3, -0.25) is 0 Å². The second-order valence-electron chi connectivity index (χ2n) is 7.19. The Morgan fingerprint density at radius 1 is 1.35 bits per heavy atom. The number of carbonyl (C=O) groups excluding carboxylic acids is 2. The summed E-state index contributed by atoms with van der Waals surface area (Å²) in [6.07, 6.45) is 4.47. The van der Waals surface area contributed by atoms with Gasteiger partial charge in [-0.1, -0.05) is 20.3 Å². The SMILES string of the molecule is CC(C)CN(C(=O)OC(C)(C)C)C(CC=O)C1CCC1. The van der Waals surface area contributed by atoms with Gasteiger partial charge >= 0.3 is 6.09 Å². The van der Waals surface area contributed by atoms with Crippen molar-refractivity contribution in [1.29, 1.82) is 0 Å². The quantitative estimate of drug-likeness (QED) is 0.699. The highest BCUT2D eigenvalue weighted by Gasteiger charge is 2.36. The topological polar surface area (TPSA) is 46.6 Å². The monoisotopic (exact) mass is 283 g/mol. The smallest absolute Gasteiger partial charge is 0.410 e. The maximum Gasteiger partial charge on any atom is 0.410 e. The molecule has 1 unspecified atom stereocenters. The summed E-state index contributed by atoms with van der Waals surface area (Å²) in [6.45, 7) is 10.4. The third-order valence-electron chi connectivity index (χ3n) is 3.62. The average molecular weight is 283 g/mol. The van der Waals surface area contributed by atoms with Crippen molar-refractivity contribution < 1.29 is 14.3 Å². The molecule has 0 aliphatic heterocycles. The Bertz CT molecular complexity index is 329. The molecule has 116 valence electrons. The minimum atomic E-state index is -0.502. The fourth-order valence-corrected chi connectivity index (χ4v) is 2.56. The molecule has 0 spiro atoms. The lowest BCUT2D eigenvalue weighted by molar-refractivity contribution is -0.109. The Balaban J connectivity index is 2.83. The number of amides is 1. The number of aldehydes is 1. The van der Waals surface area contributed by atoms with Crippen LogP contribution in [0.3, 0.4) is 0 Å². The lowest BCUT2D eigenvalue weighted by Gasteiger charge is -2.41. The summed E-state index contributed by atoms with van der Waals surface area (Å²) in [6, 6.07) is -0.00139. The summed E-state index contributed by atoms with van der Waals surface area (Å²) in [7, 11) is 0. The lowest BCUT2D eigenvalue weighted by Crippen LogP contribution is -2.50. The minimum absolute atomic E-state index is 0.00139. The summed E-state index contributed by atoms with van der Waals surface area (Å²) in [5, 5.41) is 0. The molecule has 1 saturated carbocycles. The van der Waals surface area contributed by atoms with Gasteiger partial charge in [-0.2, -0.15) is 0 Å². The Morgan fingerprint density at radius 2 is 1.95 bits per heavy atom. The maximum absolute atomic E-state index is 12.4. The highest BCUT2D eigenvalue weighted by Crippen LogP contribution is 2.34. The van der Waals surface area contributed by atoms with Crippen LogP contribution in [0.1, 0.15) is 60.3 Å². The zero-order chi connectivity index (χ0) is 15.3. The molecule has 1 fully saturated rings. The predicted octanol–water partition coefficient (Wildman–Crippen LogP) is 3.64. The Morgan fingerprint density at radius 3 is 2.30 bits per heavy atom. The van der Waals surface area contributed by atoms with E-state index < -0.39 is 5.60 Å². The number of hydrogen-bond acceptors (Lipinski definition) is 3. The molecule has 4 nitrogen and oxygen atoms in total. The van der Waals surface area contributed by atoms with Gasteiger partial charge in [0.2, 0.25) is 0 Å². The van der Waals surface area contributed by atoms with E-state index in [9.17, 15) is 9.59 Å². The molecule has 1 aliphatic carbocycles. The molecule has 0 N–H and O–H groups in total. The van der Waals surface area contributed by atoms with Crippen molar-refractivity contribution in [3.8, 4) is 0 Å². The summed E-state index contributed by atoms with van der Waals surface area (Å²) in [5.41, 5.74) is -0.502. The van der Waals surface area contributed by atoms with Gasteiger partial charge in [-0.05, 0) is 45.4 Å². The minimum Gasteiger partial charge on any atom is -0.444 e. The van der Waals surface area contributed by atoms with Gasteiger partial charge in [-0.25, -0.2) is 4.79 Å². The fourth-order valence-electron chi connectivity index (χ4n) is 2.56. The van der Waals surface area contributed by atoms with Crippen LogP contribution >= 0.6 is 0 Å². The average Bonchev–Trinajstić information content (AvgIpc) is 2.20. The molecule has 0 saturated heterocycles. The van der Waals surface area contributed by atoms with E-state index in [1.165, 1.54) is 6.42 Å². The maximum atomic E-state index is 12.4. The third kappa shape index (κ3) is 5.14. The molecule has 0 aromatic heterocycles. The van der Waals surface area contributed by atoms with Crippen LogP contribution in [0.25, 0.3) is 0 Å². The largest absolute Gasteiger partial charge is 0.444 e. The van der Waals surface area contributed by atoms with Crippen LogP contribution in [-0.4, -0.2) is 35.5 Å². The first-order valence-electron chi connectivity index (χ1n) is 7.68. The van der Waals surface area contributed by atoms with Crippen LogP contribution in [-0.2, 0) is 9.53 Å². The van der Waals surface area contributed by atoms with Crippen molar-refractivity contribution in [1.82, 2.24) is 4.90 Å². The molecule has 0 aromatic carbocycles. The number of ether oxygens (including phenoxy) is 1. The molecule has 0 heterocycles. The van der Waals surface area contributed by atoms with E-state index >= 15 is 0 Å². The van der Waals surface area contributed by atoms with Crippen LogP contribution in [0, 0.1) is 11.8 Å². The molecule has 0 bridgehead atoms. The van der Waals surface area contributed by atoms with E-state index in [0.29, 0.717) is 24.8 Å². The van der Waals surface area contributed by atoms with Crippen LogP contribution < -0.4 is 0 Å². The first-order chi connectivity index (χ1) is 9.24. The summed E-state index contributed by atoms with van der Waals surface area (Å²) >= 11 is 0. The first-order valence-corrected chi connectivity index (χ1v) is 7.68. The number of nitrogens with zero attached hydrogens (tertiary/aromatic N) is 1. The van der Waals surface area contributed by atoms with Crippen molar-refractivity contribution in [2.75, 3.05) is 6.54 Å². The fraction of sp³-hybridized carbons (Fsp3) is 0.875. The molecule has 1 aliphatic rings. The third-order valence-corrected chi connectivity index (χ3v) is 3.62. The van der Waals surface area contributed by atoms with Crippen LogP contribution in [0.15, 0.2) is 0 Å². The van der Waals surface area contributed by atoms with E-state index in [0.717, 1.165) is 19.1 Å². The standard InChI is InChI=1S/C16H29NO3/c1-12(2)11-17(15(19)20-16(3,4)5)14(9-10-18)13-7-6-8-13/h10,12-14H,6-9,11H2,1-5H3. The van der Waals surface area contributed by atoms with Crippen molar-refractivity contribution in [2.24, 2.45) is 11.8 Å². The van der Waals surface area contributed by atoms with E-state index in [1.807, 2.05) is 20.8 Å². The van der Waals surface area contributed by atoms with Gasteiger partial charge in [0.25, 0.3) is 0 Å². The van der Waals surface area contributed by atoms with Crippen molar-refractivity contribution in [2.45, 2.75) is 71.9 Å². The van der Waals surface area contributed by atoms with Crippen molar-refractivity contribution >= 4 is 12.4 Å². The zero-order valence-electron chi connectivity index (χ0n) is 13.5. The van der Waals surface area contributed by atoms with E-state index in [-0.39, 0.29) is 12.1 Å². The first kappa shape index (κ1) is 17.0. The Kier molecular flexibility index (Phi) is 6.03. The molecule has 1 amide bonds. The summed E-state index contributed by atoms with van der Waals surface area (Å²) in [4.78, 5) is 25.2. The van der Waals surface area contributed by atoms with Gasteiger partial charge in [-0.15, -0.1) is 0 Å². The van der Waals surface area contributed by atoms with Crippen molar-refractivity contribution in [3.63, 3.8) is 0 Å². The van der Waals surface area contributed by atoms with E-state index in [1.54, 1.807) is 4.90 Å². The normalized spacial score (nSPS) is 17.5. The second kappa shape index (κ2) is 7.09. The molecule has 4 heteroatoms. The lowest BCUT2D eigenvalue weighted by atomic mass is 9.78. The number of hydrogen-bond donors (Lipinski definition) is 0. The highest BCUT2D eigenvalue weighted by atomic mass is 16.6. The molecular weight excluding hydrogens is 254 g/mol. The zero-order valence-corrected chi connectivity index (χ0v) is 13.5. The van der Waals surface area contributed by atoms with E-state index in [4.69, 9.17) is 4.74 Å². The number of rotatable bonds is 6. The van der Waals surface area contributed by atoms with Gasteiger partial charge in [0.15, 0.2) is 0 Å². The predicted molar refractivity (Wildman–Crippen MR) is 79.6 cm³/mol. The van der Waals surface area contributed by atoms with Gasteiger partial charge in [0.1, 0.15) is 11.9 Å². The summed E-state index contributed by atoms with van der Waals surface area (Å²) in [5.74, 6) is 0.809. The summed E-state index contributed by atoms with van der Waals surface area (Å²) < 4.78 is 5.52. The van der Waals surface area contributed by atoms with Gasteiger partial charge in [0.05, 0.1) is 0 Å². The molecule has 0 aromatic rings. The molecule has 1 rings (SSSR count). The molecule has 1 atom stereocenters. The van der Waals surface area contributed by atoms with Crippen LogP contribution in [0.5, 0.6) is 0 Å². The Hall–Kier alpha value is -1.06. The highest BCUT2D eigenvalue weighted by molar-refractivity contribution is 5.69. The van der Waals surface area contributed by atoms with Crippen LogP contribution in [0.2, 0.25) is 0 Å². The van der Waals surface area contributed by atoms with E-state index in [2.05, 4.69) is 13.8 Å². The number of carbonyl (C=O) groups is 2. The Labute approximate surface area is 122 Å². The van der Waals surface area contributed by atoms with Crippen LogP contribution in [0.4, 0.5) is 4.79 Å². The molecular formula is C16H29NO3. The van der Waals surface area contributed by atoms with Crippen molar-refractivity contribution in [3.05, 3.63) is 0 Å². The molecule has 0 radical (unpaired) electrons. The molecule has 20 heavy (non-hydrogen) atoms. The van der Waals surface area contributed by atoms with Gasteiger partial charge < -0.3 is 14.4 Å². The second-order valence-corrected chi connectivity index (χ2v) is 7.19. The van der Waals surface area contributed by atoms with Gasteiger partial charge in [0, 0.05) is 19.0 Å².